The number of aliphatic imine (C=N–C) groups is 1. The highest BCUT2D eigenvalue weighted by Crippen LogP contribution is 2.20. The molecule has 0 heterocycles. The number of guanidine groups is 1. The summed E-state index contributed by atoms with van der Waals surface area (Å²) < 4.78 is 5.12. The zero-order chi connectivity index (χ0) is 16.1. The van der Waals surface area contributed by atoms with Crippen molar-refractivity contribution in [1.29, 1.82) is 0 Å². The van der Waals surface area contributed by atoms with Crippen molar-refractivity contribution in [2.45, 2.75) is 0 Å². The van der Waals surface area contributed by atoms with Gasteiger partial charge in [0.1, 0.15) is 5.75 Å². The van der Waals surface area contributed by atoms with Crippen LogP contribution in [0.3, 0.4) is 0 Å². The molecule has 0 amide bonds. The van der Waals surface area contributed by atoms with Gasteiger partial charge in [0.2, 0.25) is 0 Å². The molecule has 112 valence electrons. The Bertz CT molecular complexity index is 737. The molecule has 2 aromatic carbocycles. The quantitative estimate of drug-likeness (QED) is 0.220. The van der Waals surface area contributed by atoms with Crippen LogP contribution in [-0.2, 0) is 0 Å². The summed E-state index contributed by atoms with van der Waals surface area (Å²) in [5.74, 6) is -0.551. The minimum Gasteiger partial charge on any atom is -0.423 e. The maximum Gasteiger partial charge on any atom is 0.343 e. The SMILES string of the molecule is NC(N)=Nc1cccc(C(=O)Oc2ccc([N+](=O)[O-])cc2)c1. The van der Waals surface area contributed by atoms with Crippen LogP contribution in [-0.4, -0.2) is 16.9 Å². The lowest BCUT2D eigenvalue weighted by atomic mass is 10.2. The van der Waals surface area contributed by atoms with Crippen LogP contribution in [0.2, 0.25) is 0 Å². The number of hydrogen-bond acceptors (Lipinski definition) is 5. The fraction of sp³-hybridized carbons (Fsp3) is 0. The Kier molecular flexibility index (Phi) is 4.33. The second-order valence-corrected chi connectivity index (χ2v) is 4.23. The zero-order valence-corrected chi connectivity index (χ0v) is 11.3. The standard InChI is InChI=1S/C14H12N4O4/c15-14(16)17-10-3-1-2-9(8-10)13(19)22-12-6-4-11(5-7-12)18(20)21/h1-8H,(H4,15,16,17). The van der Waals surface area contributed by atoms with Gasteiger partial charge in [-0.2, -0.15) is 0 Å². The molecule has 0 aliphatic heterocycles. The Balaban J connectivity index is 2.15. The second-order valence-electron chi connectivity index (χ2n) is 4.23. The van der Waals surface area contributed by atoms with E-state index in [0.29, 0.717) is 5.69 Å². The Morgan fingerprint density at radius 2 is 1.82 bits per heavy atom. The van der Waals surface area contributed by atoms with Gasteiger partial charge in [0.25, 0.3) is 5.69 Å². The van der Waals surface area contributed by atoms with E-state index >= 15 is 0 Å². The highest BCUT2D eigenvalue weighted by molar-refractivity contribution is 5.92. The molecule has 0 aromatic heterocycles. The number of rotatable bonds is 4. The molecule has 0 fully saturated rings. The fourth-order valence-corrected chi connectivity index (χ4v) is 1.65. The summed E-state index contributed by atoms with van der Waals surface area (Å²) in [5.41, 5.74) is 11.1. The molecule has 0 spiro atoms. The summed E-state index contributed by atoms with van der Waals surface area (Å²) in [6, 6.07) is 11.4. The van der Waals surface area contributed by atoms with Gasteiger partial charge in [-0.25, -0.2) is 9.79 Å². The molecular formula is C14H12N4O4. The van der Waals surface area contributed by atoms with Crippen molar-refractivity contribution in [2.75, 3.05) is 0 Å². The van der Waals surface area contributed by atoms with Gasteiger partial charge in [-0.1, -0.05) is 6.07 Å². The van der Waals surface area contributed by atoms with E-state index in [0.717, 1.165) is 0 Å². The number of nitro benzene ring substituents is 1. The van der Waals surface area contributed by atoms with Gasteiger partial charge in [0.05, 0.1) is 16.2 Å². The summed E-state index contributed by atoms with van der Waals surface area (Å²) in [6.07, 6.45) is 0. The molecule has 0 atom stereocenters. The maximum atomic E-state index is 12.0. The molecule has 0 bridgehead atoms. The van der Waals surface area contributed by atoms with Crippen LogP contribution in [0.4, 0.5) is 11.4 Å². The van der Waals surface area contributed by atoms with Crippen molar-refractivity contribution in [2.24, 2.45) is 16.5 Å². The Morgan fingerprint density at radius 3 is 2.41 bits per heavy atom. The molecule has 0 aliphatic carbocycles. The van der Waals surface area contributed by atoms with E-state index in [1.165, 1.54) is 30.3 Å². The van der Waals surface area contributed by atoms with Gasteiger partial charge < -0.3 is 16.2 Å². The van der Waals surface area contributed by atoms with Crippen LogP contribution in [0.25, 0.3) is 0 Å². The lowest BCUT2D eigenvalue weighted by molar-refractivity contribution is -0.384. The molecular weight excluding hydrogens is 288 g/mol. The Morgan fingerprint density at radius 1 is 1.14 bits per heavy atom. The lowest BCUT2D eigenvalue weighted by Gasteiger charge is -2.04. The van der Waals surface area contributed by atoms with E-state index in [1.807, 2.05) is 0 Å². The summed E-state index contributed by atoms with van der Waals surface area (Å²) in [5, 5.41) is 10.5. The van der Waals surface area contributed by atoms with Gasteiger partial charge in [-0.05, 0) is 30.3 Å². The summed E-state index contributed by atoms with van der Waals surface area (Å²) >= 11 is 0. The van der Waals surface area contributed by atoms with Gasteiger partial charge in [0.15, 0.2) is 5.96 Å². The first kappa shape index (κ1) is 15.0. The number of nitrogens with zero attached hydrogens (tertiary/aromatic N) is 2. The third-order valence-electron chi connectivity index (χ3n) is 2.60. The monoisotopic (exact) mass is 300 g/mol. The van der Waals surface area contributed by atoms with Crippen molar-refractivity contribution in [3.8, 4) is 5.75 Å². The van der Waals surface area contributed by atoms with Crippen molar-refractivity contribution >= 4 is 23.3 Å². The van der Waals surface area contributed by atoms with E-state index < -0.39 is 10.9 Å². The van der Waals surface area contributed by atoms with Crippen LogP contribution in [0.5, 0.6) is 5.75 Å². The first-order valence-electron chi connectivity index (χ1n) is 6.12. The minimum absolute atomic E-state index is 0.0884. The Labute approximate surface area is 125 Å². The third kappa shape index (κ3) is 3.79. The van der Waals surface area contributed by atoms with Crippen molar-refractivity contribution in [3.63, 3.8) is 0 Å². The zero-order valence-electron chi connectivity index (χ0n) is 11.3. The van der Waals surface area contributed by atoms with Crippen molar-refractivity contribution < 1.29 is 14.5 Å². The number of esters is 1. The molecule has 2 aromatic rings. The Hall–Kier alpha value is -3.42. The minimum atomic E-state index is -0.624. The first-order chi connectivity index (χ1) is 10.5. The van der Waals surface area contributed by atoms with Gasteiger partial charge in [0, 0.05) is 12.1 Å². The summed E-state index contributed by atoms with van der Waals surface area (Å²) in [6.45, 7) is 0. The number of ether oxygens (including phenoxy) is 1. The number of carbonyl (C=O) groups is 1. The normalized spacial score (nSPS) is 9.82. The molecule has 22 heavy (non-hydrogen) atoms. The molecule has 0 radical (unpaired) electrons. The topological polar surface area (TPSA) is 134 Å². The second kappa shape index (κ2) is 6.35. The fourth-order valence-electron chi connectivity index (χ4n) is 1.65. The molecule has 0 saturated heterocycles. The summed E-state index contributed by atoms with van der Waals surface area (Å²) in [7, 11) is 0. The first-order valence-corrected chi connectivity index (χ1v) is 6.12. The van der Waals surface area contributed by atoms with E-state index in [9.17, 15) is 14.9 Å². The molecule has 0 unspecified atom stereocenters. The van der Waals surface area contributed by atoms with Crippen LogP contribution < -0.4 is 16.2 Å². The smallest absolute Gasteiger partial charge is 0.343 e. The number of nitrogens with two attached hydrogens (primary N) is 2. The largest absolute Gasteiger partial charge is 0.423 e. The van der Waals surface area contributed by atoms with Crippen LogP contribution >= 0.6 is 0 Å². The number of benzene rings is 2. The number of nitro groups is 1. The molecule has 0 saturated carbocycles. The molecule has 2 rings (SSSR count). The predicted octanol–water partition coefficient (Wildman–Crippen LogP) is 1.72. The number of non-ortho nitro benzene ring substituents is 1. The van der Waals surface area contributed by atoms with E-state index in [-0.39, 0.29) is 23.0 Å². The van der Waals surface area contributed by atoms with Gasteiger partial charge >= 0.3 is 5.97 Å². The van der Waals surface area contributed by atoms with E-state index in [1.54, 1.807) is 18.2 Å². The highest BCUT2D eigenvalue weighted by Gasteiger charge is 2.11. The lowest BCUT2D eigenvalue weighted by Crippen LogP contribution is -2.21. The number of hydrogen-bond donors (Lipinski definition) is 2. The predicted molar refractivity (Wildman–Crippen MR) is 80.0 cm³/mol. The molecule has 8 nitrogen and oxygen atoms in total. The van der Waals surface area contributed by atoms with Crippen molar-refractivity contribution in [3.05, 3.63) is 64.2 Å². The number of carbonyl (C=O) groups excluding carboxylic acids is 1. The molecule has 0 aliphatic rings. The van der Waals surface area contributed by atoms with Gasteiger partial charge in [-0.3, -0.25) is 10.1 Å². The van der Waals surface area contributed by atoms with Crippen LogP contribution in [0.1, 0.15) is 10.4 Å². The van der Waals surface area contributed by atoms with Crippen LogP contribution in [0, 0.1) is 10.1 Å². The summed E-state index contributed by atoms with van der Waals surface area (Å²) in [4.78, 5) is 25.8. The highest BCUT2D eigenvalue weighted by atomic mass is 16.6. The van der Waals surface area contributed by atoms with Gasteiger partial charge in [-0.15, -0.1) is 0 Å². The van der Waals surface area contributed by atoms with E-state index in [4.69, 9.17) is 16.2 Å². The molecule has 4 N–H and O–H groups in total. The van der Waals surface area contributed by atoms with Crippen molar-refractivity contribution in [1.82, 2.24) is 0 Å². The average molecular weight is 300 g/mol. The maximum absolute atomic E-state index is 12.0. The van der Waals surface area contributed by atoms with Crippen LogP contribution in [0.15, 0.2) is 53.5 Å². The average Bonchev–Trinajstić information content (AvgIpc) is 2.47. The molecule has 8 heteroatoms. The van der Waals surface area contributed by atoms with E-state index in [2.05, 4.69) is 4.99 Å². The third-order valence-corrected chi connectivity index (χ3v) is 2.60.